The minimum absolute atomic E-state index is 0. The molecule has 1 fully saturated rings. The number of hydrogen-bond donors (Lipinski definition) is 1. The van der Waals surface area contributed by atoms with E-state index in [-0.39, 0.29) is 7.12 Å². The summed E-state index contributed by atoms with van der Waals surface area (Å²) in [7, 11) is 3.55. The summed E-state index contributed by atoms with van der Waals surface area (Å²) in [6.07, 6.45) is 7.48. The summed E-state index contributed by atoms with van der Waals surface area (Å²) in [5.41, 5.74) is 5.73. The van der Waals surface area contributed by atoms with Crippen LogP contribution in [0.2, 0.25) is 0 Å². The van der Waals surface area contributed by atoms with E-state index in [1.807, 2.05) is 54.3 Å². The van der Waals surface area contributed by atoms with Crippen molar-refractivity contribution in [3.8, 4) is 34.4 Å². The molecule has 0 bridgehead atoms. The molecular formula is C29H30N8O2. The number of benzene rings is 1. The molecule has 0 unspecified atom stereocenters. The molecule has 0 radical (unpaired) electrons. The molecule has 39 heavy (non-hydrogen) atoms. The predicted octanol–water partition coefficient (Wildman–Crippen LogP) is 3.68. The van der Waals surface area contributed by atoms with E-state index in [1.165, 1.54) is 0 Å². The first-order valence-electron chi connectivity index (χ1n) is 12.9. The molecule has 0 atom stereocenters. The topological polar surface area (TPSA) is 115 Å². The van der Waals surface area contributed by atoms with E-state index in [4.69, 9.17) is 9.72 Å². The average Bonchev–Trinajstić information content (AvgIpc) is 3.65. The normalized spacial score (nSPS) is 13.2. The van der Waals surface area contributed by atoms with Crippen LogP contribution in [-0.4, -0.2) is 49.0 Å². The van der Waals surface area contributed by atoms with Crippen molar-refractivity contribution in [2.45, 2.75) is 25.3 Å². The van der Waals surface area contributed by atoms with Crippen molar-refractivity contribution in [1.82, 2.24) is 34.0 Å². The van der Waals surface area contributed by atoms with Crippen LogP contribution in [0.25, 0.3) is 33.8 Å². The third-order valence-corrected chi connectivity index (χ3v) is 7.01. The molecule has 1 N–H and O–H groups in total. The van der Waals surface area contributed by atoms with Crippen LogP contribution >= 0.6 is 0 Å². The highest BCUT2D eigenvalue weighted by Crippen LogP contribution is 2.41. The van der Waals surface area contributed by atoms with E-state index in [2.05, 4.69) is 27.6 Å². The molecule has 6 rings (SSSR count). The van der Waals surface area contributed by atoms with Gasteiger partial charge in [-0.1, -0.05) is 12.1 Å². The van der Waals surface area contributed by atoms with E-state index in [9.17, 15) is 10.1 Å². The van der Waals surface area contributed by atoms with Gasteiger partial charge < -0.3 is 14.6 Å². The van der Waals surface area contributed by atoms with Crippen LogP contribution in [0, 0.1) is 11.3 Å². The number of aromatic nitrogens is 6. The molecule has 1 aromatic carbocycles. The van der Waals surface area contributed by atoms with Gasteiger partial charge in [-0.05, 0) is 59.9 Å². The minimum Gasteiger partial charge on any atom is -0.383 e. The van der Waals surface area contributed by atoms with Crippen LogP contribution in [0.1, 0.15) is 37.0 Å². The highest BCUT2D eigenvalue weighted by atomic mass is 16.5. The molecule has 4 heterocycles. The fraction of sp³-hybridized carbons (Fsp3) is 0.276. The van der Waals surface area contributed by atoms with Crippen molar-refractivity contribution in [1.29, 1.82) is 5.26 Å². The Hall–Kier alpha value is -4.59. The number of methoxy groups -OCH3 is 1. The lowest BCUT2D eigenvalue weighted by atomic mass is 9.96. The van der Waals surface area contributed by atoms with Crippen LogP contribution in [0.15, 0.2) is 66.0 Å². The number of nitrogens with zero attached hydrogens (tertiary/aromatic N) is 7. The Kier molecular flexibility index (Phi) is 6.52. The molecule has 1 aliphatic carbocycles. The second-order valence-electron chi connectivity index (χ2n) is 9.83. The Morgan fingerprint density at radius 1 is 1.15 bits per heavy atom. The number of hydrogen-bond acceptors (Lipinski definition) is 7. The van der Waals surface area contributed by atoms with Gasteiger partial charge in [0.05, 0.1) is 23.8 Å². The number of nitrogens with one attached hydrogen (secondary N) is 1. The van der Waals surface area contributed by atoms with Gasteiger partial charge in [0.15, 0.2) is 5.82 Å². The molecule has 5 aromatic rings. The van der Waals surface area contributed by atoms with E-state index in [0.29, 0.717) is 36.3 Å². The summed E-state index contributed by atoms with van der Waals surface area (Å²) in [6, 6.07) is 15.8. The quantitative estimate of drug-likeness (QED) is 0.294. The maximum Gasteiger partial charge on any atom is 0.338 e. The number of ether oxygens (including phenoxy) is 1. The summed E-state index contributed by atoms with van der Waals surface area (Å²) in [5.74, 6) is 1.60. The summed E-state index contributed by atoms with van der Waals surface area (Å²) in [5, 5.41) is 21.2. The van der Waals surface area contributed by atoms with Gasteiger partial charge in [-0.15, -0.1) is 10.2 Å². The molecular weight excluding hydrogens is 492 g/mol. The highest BCUT2D eigenvalue weighted by Gasteiger charge is 2.27. The molecule has 0 aliphatic heterocycles. The monoisotopic (exact) mass is 522 g/mol. The van der Waals surface area contributed by atoms with Crippen LogP contribution in [0.4, 0.5) is 0 Å². The van der Waals surface area contributed by atoms with Crippen LogP contribution < -0.4 is 11.0 Å². The van der Waals surface area contributed by atoms with Crippen LogP contribution in [0.5, 0.6) is 0 Å². The van der Waals surface area contributed by atoms with Crippen molar-refractivity contribution in [2.24, 2.45) is 7.05 Å². The average molecular weight is 523 g/mol. The van der Waals surface area contributed by atoms with Gasteiger partial charge >= 0.3 is 5.69 Å². The fourth-order valence-corrected chi connectivity index (χ4v) is 4.79. The molecule has 10 nitrogen and oxygen atoms in total. The van der Waals surface area contributed by atoms with Crippen LogP contribution in [0.3, 0.4) is 0 Å². The lowest BCUT2D eigenvalue weighted by Crippen LogP contribution is -2.21. The summed E-state index contributed by atoms with van der Waals surface area (Å²) in [4.78, 5) is 18.5. The van der Waals surface area contributed by atoms with Gasteiger partial charge in [-0.25, -0.2) is 9.78 Å². The molecule has 1 saturated carbocycles. The SMILES string of the molecule is COCCNCc1ccc2cn(-c3cc(-c4ccc(C#N)cc4-c4nncn4C)cc(C4CC4)n3)c(=O)n2c1.[HH]. The zero-order valence-corrected chi connectivity index (χ0v) is 21.8. The lowest BCUT2D eigenvalue weighted by Gasteiger charge is -2.13. The summed E-state index contributed by atoms with van der Waals surface area (Å²) in [6.45, 7) is 2.00. The Bertz CT molecular complexity index is 1780. The maximum atomic E-state index is 13.6. The molecule has 0 spiro atoms. The zero-order chi connectivity index (χ0) is 26.9. The van der Waals surface area contributed by atoms with E-state index in [0.717, 1.165) is 52.9 Å². The van der Waals surface area contributed by atoms with Crippen molar-refractivity contribution in [3.05, 3.63) is 88.5 Å². The number of rotatable bonds is 9. The third-order valence-electron chi connectivity index (χ3n) is 7.01. The zero-order valence-electron chi connectivity index (χ0n) is 21.8. The molecule has 1 aliphatic rings. The van der Waals surface area contributed by atoms with E-state index < -0.39 is 0 Å². The van der Waals surface area contributed by atoms with E-state index >= 15 is 0 Å². The van der Waals surface area contributed by atoms with Gasteiger partial charge in [0.1, 0.15) is 12.1 Å². The van der Waals surface area contributed by atoms with Crippen LogP contribution in [-0.2, 0) is 18.3 Å². The Balaban J connectivity index is 0.00000323. The van der Waals surface area contributed by atoms with Crippen molar-refractivity contribution >= 4 is 5.52 Å². The second kappa shape index (κ2) is 10.3. The minimum atomic E-state index is -0.177. The van der Waals surface area contributed by atoms with Crippen molar-refractivity contribution in [3.63, 3.8) is 0 Å². The predicted molar refractivity (Wildman–Crippen MR) is 149 cm³/mol. The van der Waals surface area contributed by atoms with Crippen molar-refractivity contribution in [2.75, 3.05) is 20.3 Å². The highest BCUT2D eigenvalue weighted by molar-refractivity contribution is 5.82. The largest absolute Gasteiger partial charge is 0.383 e. The van der Waals surface area contributed by atoms with Crippen molar-refractivity contribution < 1.29 is 6.16 Å². The maximum absolute atomic E-state index is 13.6. The summed E-state index contributed by atoms with van der Waals surface area (Å²) >= 11 is 0. The third kappa shape index (κ3) is 4.85. The fourth-order valence-electron chi connectivity index (χ4n) is 4.79. The number of aryl methyl sites for hydroxylation is 1. The number of pyridine rings is 2. The van der Waals surface area contributed by atoms with Gasteiger partial charge in [0.25, 0.3) is 0 Å². The van der Waals surface area contributed by atoms with E-state index in [1.54, 1.807) is 28.5 Å². The van der Waals surface area contributed by atoms with Gasteiger partial charge in [0, 0.05) is 58.2 Å². The molecule has 0 saturated heterocycles. The number of nitriles is 1. The molecule has 4 aromatic heterocycles. The Labute approximate surface area is 226 Å². The molecule has 198 valence electrons. The Morgan fingerprint density at radius 2 is 2.03 bits per heavy atom. The van der Waals surface area contributed by atoms with Gasteiger partial charge in [-0.2, -0.15) is 5.26 Å². The second-order valence-corrected chi connectivity index (χ2v) is 9.83. The lowest BCUT2D eigenvalue weighted by molar-refractivity contribution is 0.199. The molecule has 0 amide bonds. The first-order valence-corrected chi connectivity index (χ1v) is 12.9. The van der Waals surface area contributed by atoms with Gasteiger partial charge in [0.2, 0.25) is 0 Å². The summed E-state index contributed by atoms with van der Waals surface area (Å²) < 4.78 is 10.2. The number of imidazole rings is 1. The van der Waals surface area contributed by atoms with Gasteiger partial charge in [-0.3, -0.25) is 8.97 Å². The smallest absolute Gasteiger partial charge is 0.338 e. The first-order chi connectivity index (χ1) is 19.1. The first kappa shape index (κ1) is 24.7. The number of fused-ring (bicyclic) bond motifs is 1. The molecule has 10 heteroatoms. The Morgan fingerprint density at radius 3 is 2.77 bits per heavy atom. The standard InChI is InChI=1S/C29H28N8O2.H2/c1-35-18-32-34-28(35)25-11-19(14-30)4-8-24(25)22-12-26(21-5-6-21)33-27(13-22)37-17-23-7-3-20(15-31-9-10-39-2)16-36(23)29(37)38;/h3-4,7-8,11-13,16-18,21,31H,5-6,9-10,15H2,1-2H3;1H.